The predicted octanol–water partition coefficient (Wildman–Crippen LogP) is 4.23. The van der Waals surface area contributed by atoms with E-state index in [9.17, 15) is 14.7 Å². The third-order valence-electron chi connectivity index (χ3n) is 6.78. The summed E-state index contributed by atoms with van der Waals surface area (Å²) in [5.41, 5.74) is 1.20. The summed E-state index contributed by atoms with van der Waals surface area (Å²) >= 11 is 6.46. The van der Waals surface area contributed by atoms with Gasteiger partial charge in [-0.05, 0) is 30.7 Å². The number of aryl methyl sites for hydroxylation is 1. The Balaban J connectivity index is 1.79. The van der Waals surface area contributed by atoms with Gasteiger partial charge in [-0.15, -0.1) is 10.2 Å². The molecule has 1 aliphatic heterocycles. The molecule has 0 fully saturated rings. The first-order valence-electron chi connectivity index (χ1n) is 13.2. The molecule has 1 aliphatic rings. The summed E-state index contributed by atoms with van der Waals surface area (Å²) in [6.07, 6.45) is -1.29. The van der Waals surface area contributed by atoms with E-state index in [1.54, 1.807) is 35.2 Å². The number of para-hydroxylation sites is 1. The number of benzene rings is 2. The molecule has 0 saturated carbocycles. The molecule has 2 atom stereocenters. The third kappa shape index (κ3) is 6.98. The number of anilines is 1. The van der Waals surface area contributed by atoms with Crippen LogP contribution in [0, 0.1) is 5.41 Å². The van der Waals surface area contributed by atoms with Crippen LogP contribution in [0.3, 0.4) is 0 Å². The van der Waals surface area contributed by atoms with E-state index < -0.39 is 23.6 Å². The molecule has 2 aromatic carbocycles. The van der Waals surface area contributed by atoms with Crippen LogP contribution in [0.4, 0.5) is 5.69 Å². The van der Waals surface area contributed by atoms with Crippen LogP contribution in [0.1, 0.15) is 55.7 Å². The van der Waals surface area contributed by atoms with Crippen molar-refractivity contribution in [2.75, 3.05) is 32.3 Å². The van der Waals surface area contributed by atoms with Crippen molar-refractivity contribution in [1.29, 1.82) is 0 Å². The van der Waals surface area contributed by atoms with Gasteiger partial charge in [-0.25, -0.2) is 0 Å². The number of ether oxygens (including phenoxy) is 3. The van der Waals surface area contributed by atoms with Crippen LogP contribution in [0.15, 0.2) is 40.8 Å². The molecule has 0 spiro atoms. The first kappa shape index (κ1) is 30.3. The minimum Gasteiger partial charge on any atom is -0.493 e. The highest BCUT2D eigenvalue weighted by Crippen LogP contribution is 2.45. The molecule has 1 aromatic heterocycles. The van der Waals surface area contributed by atoms with Crippen molar-refractivity contribution in [2.45, 2.75) is 51.7 Å². The Hall–Kier alpha value is -3.67. The lowest BCUT2D eigenvalue weighted by molar-refractivity contribution is -0.137. The van der Waals surface area contributed by atoms with Gasteiger partial charge in [0.15, 0.2) is 11.5 Å². The largest absolute Gasteiger partial charge is 0.493 e. The number of aliphatic hydroxyl groups excluding tert-OH is 1. The lowest BCUT2D eigenvalue weighted by atomic mass is 9.92. The summed E-state index contributed by atoms with van der Waals surface area (Å²) in [5.74, 6) is 0.124. The average Bonchev–Trinajstić information content (AvgIpc) is 3.36. The molecule has 0 bridgehead atoms. The Bertz CT molecular complexity index is 1390. The van der Waals surface area contributed by atoms with Crippen molar-refractivity contribution >= 4 is 29.2 Å². The van der Waals surface area contributed by atoms with Crippen LogP contribution >= 0.6 is 11.6 Å². The quantitative estimate of drug-likeness (QED) is 0.316. The smallest absolute Gasteiger partial charge is 0.303 e. The number of methoxy groups -OCH3 is 2. The molecule has 3 aromatic rings. The van der Waals surface area contributed by atoms with Crippen LogP contribution in [0.5, 0.6) is 11.5 Å². The molecule has 2 N–H and O–H groups in total. The maximum atomic E-state index is 14.2. The van der Waals surface area contributed by atoms with Crippen LogP contribution in [-0.2, 0) is 27.2 Å². The van der Waals surface area contributed by atoms with E-state index in [4.69, 9.17) is 35.3 Å². The fourth-order valence-electron chi connectivity index (χ4n) is 4.73. The third-order valence-corrected chi connectivity index (χ3v) is 7.02. The minimum absolute atomic E-state index is 0.0254. The zero-order valence-corrected chi connectivity index (χ0v) is 24.2. The molecule has 4 rings (SSSR count). The molecule has 41 heavy (non-hydrogen) atoms. The number of aliphatic carboxylic acids is 1. The summed E-state index contributed by atoms with van der Waals surface area (Å²) in [4.78, 5) is 26.6. The Morgan fingerprint density at radius 2 is 1.88 bits per heavy atom. The fraction of sp³-hybridized carbons (Fsp3) is 0.448. The van der Waals surface area contributed by atoms with E-state index in [-0.39, 0.29) is 43.7 Å². The molecule has 1 amide bonds. The Kier molecular flexibility index (Phi) is 9.52. The second kappa shape index (κ2) is 12.9. The number of halogens is 1. The average molecular weight is 588 g/mol. The molecule has 0 unspecified atom stereocenters. The Morgan fingerprint density at radius 3 is 2.56 bits per heavy atom. The number of aromatic nitrogens is 2. The molecule has 2 heterocycles. The van der Waals surface area contributed by atoms with Gasteiger partial charge in [0.1, 0.15) is 12.2 Å². The van der Waals surface area contributed by atoms with Crippen molar-refractivity contribution in [3.8, 4) is 11.5 Å². The summed E-state index contributed by atoms with van der Waals surface area (Å²) in [7, 11) is 3.06. The first-order chi connectivity index (χ1) is 19.6. The molecule has 11 nitrogen and oxygen atoms in total. The number of rotatable bonds is 12. The molecule has 220 valence electrons. The first-order valence-corrected chi connectivity index (χ1v) is 13.6. The normalized spacial score (nSPS) is 17.2. The molecular weight excluding hydrogens is 554 g/mol. The second-order valence-electron chi connectivity index (χ2n) is 10.6. The van der Waals surface area contributed by atoms with E-state index in [1.807, 2.05) is 19.9 Å². The lowest BCUT2D eigenvalue weighted by Gasteiger charge is -2.32. The number of nitrogens with zero attached hydrogens (tertiary/aromatic N) is 3. The number of carboxylic acid groups (broad SMARTS) is 1. The number of hydrogen-bond donors (Lipinski definition) is 2. The number of hydrogen-bond acceptors (Lipinski definition) is 9. The van der Waals surface area contributed by atoms with E-state index >= 15 is 0 Å². The number of aliphatic hydroxyl groups is 1. The van der Waals surface area contributed by atoms with Crippen molar-refractivity contribution in [3.05, 3.63) is 64.3 Å². The monoisotopic (exact) mass is 587 g/mol. The minimum atomic E-state index is -1.07. The summed E-state index contributed by atoms with van der Waals surface area (Å²) in [6, 6.07) is 10.6. The van der Waals surface area contributed by atoms with Gasteiger partial charge < -0.3 is 33.7 Å². The van der Waals surface area contributed by atoms with Gasteiger partial charge in [0.2, 0.25) is 11.8 Å². The summed E-state index contributed by atoms with van der Waals surface area (Å²) < 4.78 is 23.6. The maximum Gasteiger partial charge on any atom is 0.303 e. The molecule has 0 aliphatic carbocycles. The fourth-order valence-corrected chi connectivity index (χ4v) is 4.91. The van der Waals surface area contributed by atoms with Gasteiger partial charge in [0.25, 0.3) is 5.91 Å². The van der Waals surface area contributed by atoms with Crippen LogP contribution in [-0.4, -0.2) is 65.8 Å². The highest BCUT2D eigenvalue weighted by molar-refractivity contribution is 6.30. The van der Waals surface area contributed by atoms with Crippen molar-refractivity contribution < 1.29 is 38.4 Å². The number of carboxylic acids is 1. The standard InChI is InChI=1S/C29H34ClN3O8/c1-29(2,16-34)15-33-20-12-11-17(30)13-19(20)26(18-7-5-8-21(38-3)27(18)39-4)40-22(28(33)37)14-24-32-31-23(41-24)9-6-10-25(35)36/h5,7-8,11-13,22,26,34H,6,9-10,14-16H2,1-4H3,(H,35,36)/t22-,26-/m1/s1. The van der Waals surface area contributed by atoms with Crippen LogP contribution < -0.4 is 14.4 Å². The second-order valence-corrected chi connectivity index (χ2v) is 11.0. The Morgan fingerprint density at radius 1 is 1.12 bits per heavy atom. The SMILES string of the molecule is COc1cccc([C@H]2O[C@H](Cc3nnc(CCCC(=O)O)o3)C(=O)N(CC(C)(C)CO)c3ccc(Cl)cc32)c1OC. The van der Waals surface area contributed by atoms with Gasteiger partial charge in [-0.3, -0.25) is 9.59 Å². The van der Waals surface area contributed by atoms with E-state index in [1.165, 1.54) is 14.2 Å². The van der Waals surface area contributed by atoms with Crippen molar-refractivity contribution in [3.63, 3.8) is 0 Å². The lowest BCUT2D eigenvalue weighted by Crippen LogP contribution is -2.46. The van der Waals surface area contributed by atoms with E-state index in [0.717, 1.165) is 0 Å². The number of carbonyl (C=O) groups is 2. The maximum absolute atomic E-state index is 14.2. The van der Waals surface area contributed by atoms with Crippen molar-refractivity contribution in [2.24, 2.45) is 5.41 Å². The topological polar surface area (TPSA) is 144 Å². The van der Waals surface area contributed by atoms with Gasteiger partial charge >= 0.3 is 5.97 Å². The highest BCUT2D eigenvalue weighted by atomic mass is 35.5. The van der Waals surface area contributed by atoms with Gasteiger partial charge in [-0.1, -0.05) is 37.6 Å². The summed E-state index contributed by atoms with van der Waals surface area (Å²) in [6.45, 7) is 3.77. The van der Waals surface area contributed by atoms with Crippen molar-refractivity contribution in [1.82, 2.24) is 10.2 Å². The molecule has 0 radical (unpaired) electrons. The predicted molar refractivity (Wildman–Crippen MR) is 150 cm³/mol. The van der Waals surface area contributed by atoms with Crippen LogP contribution in [0.2, 0.25) is 5.02 Å². The zero-order valence-electron chi connectivity index (χ0n) is 23.4. The number of fused-ring (bicyclic) bond motifs is 1. The zero-order chi connectivity index (χ0) is 29.7. The van der Waals surface area contributed by atoms with Crippen LogP contribution in [0.25, 0.3) is 0 Å². The van der Waals surface area contributed by atoms with Gasteiger partial charge in [0, 0.05) is 53.2 Å². The number of amides is 1. The molecule has 12 heteroatoms. The summed E-state index contributed by atoms with van der Waals surface area (Å²) in [5, 5.41) is 27.5. The molecule has 0 saturated heterocycles. The van der Waals surface area contributed by atoms with E-state index in [0.29, 0.717) is 46.2 Å². The molecular formula is C29H34ClN3O8. The van der Waals surface area contributed by atoms with Gasteiger partial charge in [0.05, 0.1) is 20.6 Å². The highest BCUT2D eigenvalue weighted by Gasteiger charge is 2.40. The Labute approximate surface area is 243 Å². The van der Waals surface area contributed by atoms with E-state index in [2.05, 4.69) is 10.2 Å². The van der Waals surface area contributed by atoms with Gasteiger partial charge in [-0.2, -0.15) is 0 Å². The number of carbonyl (C=O) groups excluding carboxylic acids is 1.